The van der Waals surface area contributed by atoms with Crippen LogP contribution in [0.3, 0.4) is 0 Å². The van der Waals surface area contributed by atoms with E-state index in [1.165, 1.54) is 0 Å². The molecule has 5 nitrogen and oxygen atoms in total. The van der Waals surface area contributed by atoms with E-state index >= 15 is 0 Å². The molecule has 0 radical (unpaired) electrons. The summed E-state index contributed by atoms with van der Waals surface area (Å²) < 4.78 is 6.78. The summed E-state index contributed by atoms with van der Waals surface area (Å²) in [7, 11) is 0. The third-order valence-corrected chi connectivity index (χ3v) is 5.22. The lowest BCUT2D eigenvalue weighted by Gasteiger charge is -2.27. The smallest absolute Gasteiger partial charge is 0.240 e. The Balaban J connectivity index is 1.78. The monoisotopic (exact) mass is 432 g/mol. The average molecular weight is 432 g/mol. The van der Waals surface area contributed by atoms with E-state index in [0.29, 0.717) is 11.4 Å². The largest absolute Gasteiger partial charge is 0.356 e. The number of ether oxygens (including phenoxy) is 1. The van der Waals surface area contributed by atoms with E-state index in [9.17, 15) is 9.59 Å². The van der Waals surface area contributed by atoms with Crippen LogP contribution in [-0.2, 0) is 14.3 Å². The van der Waals surface area contributed by atoms with Gasteiger partial charge in [0.2, 0.25) is 12.2 Å². The Kier molecular flexibility index (Phi) is 7.11. The van der Waals surface area contributed by atoms with E-state index in [2.05, 4.69) is 9.98 Å². The molecule has 0 aliphatic rings. The van der Waals surface area contributed by atoms with Crippen molar-refractivity contribution in [3.05, 3.63) is 131 Å². The molecular formula is C28H20N2O3. The molecule has 0 spiro atoms. The van der Waals surface area contributed by atoms with Crippen molar-refractivity contribution in [3.8, 4) is 0 Å². The van der Waals surface area contributed by atoms with Gasteiger partial charge in [-0.3, -0.25) is 0 Å². The first-order valence-electron chi connectivity index (χ1n) is 10.4. The van der Waals surface area contributed by atoms with Gasteiger partial charge < -0.3 is 4.74 Å². The van der Waals surface area contributed by atoms with E-state index in [0.717, 1.165) is 22.3 Å². The fraction of sp³-hybridized carbons (Fsp3) is 0.0714. The number of hydrogen-bond donors (Lipinski definition) is 0. The minimum absolute atomic E-state index is 0.322. The van der Waals surface area contributed by atoms with Crippen LogP contribution in [0.15, 0.2) is 119 Å². The van der Waals surface area contributed by atoms with Crippen molar-refractivity contribution in [2.24, 2.45) is 9.98 Å². The van der Waals surface area contributed by atoms with Crippen molar-refractivity contribution in [3.63, 3.8) is 0 Å². The van der Waals surface area contributed by atoms with Crippen LogP contribution in [0.2, 0.25) is 0 Å². The van der Waals surface area contributed by atoms with Gasteiger partial charge >= 0.3 is 0 Å². The van der Waals surface area contributed by atoms with Gasteiger partial charge in [-0.15, -0.1) is 0 Å². The van der Waals surface area contributed by atoms with Crippen LogP contribution in [0.4, 0.5) is 11.4 Å². The molecule has 0 saturated heterocycles. The van der Waals surface area contributed by atoms with Crippen molar-refractivity contribution >= 4 is 23.5 Å². The molecule has 5 heteroatoms. The molecule has 0 amide bonds. The van der Waals surface area contributed by atoms with Gasteiger partial charge in [0, 0.05) is 0 Å². The van der Waals surface area contributed by atoms with Gasteiger partial charge in [0.05, 0.1) is 11.4 Å². The Morgan fingerprint density at radius 3 is 1.15 bits per heavy atom. The van der Waals surface area contributed by atoms with E-state index in [4.69, 9.17) is 4.74 Å². The van der Waals surface area contributed by atoms with Crippen molar-refractivity contribution in [1.29, 1.82) is 0 Å². The number of isocyanates is 2. The summed E-state index contributed by atoms with van der Waals surface area (Å²) in [5.74, 6) is 0. The fourth-order valence-electron chi connectivity index (χ4n) is 3.64. The number of rotatable bonds is 8. The minimum Gasteiger partial charge on any atom is -0.356 e. The van der Waals surface area contributed by atoms with Gasteiger partial charge in [-0.05, 0) is 46.5 Å². The molecule has 0 aliphatic heterocycles. The highest BCUT2D eigenvalue weighted by atomic mass is 16.5. The van der Waals surface area contributed by atoms with Crippen LogP contribution < -0.4 is 0 Å². The molecule has 160 valence electrons. The first-order chi connectivity index (χ1) is 16.3. The average Bonchev–Trinajstić information content (AvgIpc) is 2.88. The molecule has 0 atom stereocenters. The van der Waals surface area contributed by atoms with Crippen LogP contribution in [0.1, 0.15) is 34.5 Å². The van der Waals surface area contributed by atoms with Crippen LogP contribution in [0.5, 0.6) is 0 Å². The highest BCUT2D eigenvalue weighted by Crippen LogP contribution is 2.37. The summed E-state index contributed by atoms with van der Waals surface area (Å²) in [5.41, 5.74) is 4.87. The SMILES string of the molecule is O=C=Nc1ccc(C(OC(c2ccccc2)c2ccccc2)c2ccc(N=C=O)cc2)cc1. The maximum absolute atomic E-state index is 10.6. The van der Waals surface area contributed by atoms with E-state index < -0.39 is 6.10 Å². The normalized spacial score (nSPS) is 11.3. The molecule has 4 aromatic rings. The fourth-order valence-corrected chi connectivity index (χ4v) is 3.64. The predicted molar refractivity (Wildman–Crippen MR) is 126 cm³/mol. The second kappa shape index (κ2) is 10.8. The topological polar surface area (TPSA) is 68.1 Å². The summed E-state index contributed by atoms with van der Waals surface area (Å²) in [4.78, 5) is 28.6. The van der Waals surface area contributed by atoms with Gasteiger partial charge in [-0.2, -0.15) is 9.98 Å². The molecule has 0 saturated carbocycles. The number of nitrogens with zero attached hydrogens (tertiary/aromatic N) is 2. The maximum atomic E-state index is 10.6. The second-order valence-corrected chi connectivity index (χ2v) is 7.31. The third-order valence-electron chi connectivity index (χ3n) is 5.22. The Morgan fingerprint density at radius 1 is 0.485 bits per heavy atom. The molecule has 4 rings (SSSR count). The van der Waals surface area contributed by atoms with Gasteiger partial charge in [0.1, 0.15) is 12.2 Å². The quantitative estimate of drug-likeness (QED) is 0.235. The van der Waals surface area contributed by atoms with Crippen LogP contribution in [0, 0.1) is 0 Å². The van der Waals surface area contributed by atoms with Crippen molar-refractivity contribution < 1.29 is 14.3 Å². The zero-order valence-corrected chi connectivity index (χ0v) is 17.7. The lowest BCUT2D eigenvalue weighted by molar-refractivity contribution is 0.0309. The van der Waals surface area contributed by atoms with Crippen LogP contribution >= 0.6 is 0 Å². The Labute approximate surface area is 191 Å². The molecule has 0 bridgehead atoms. The zero-order chi connectivity index (χ0) is 22.9. The van der Waals surface area contributed by atoms with E-state index in [-0.39, 0.29) is 6.10 Å². The zero-order valence-electron chi connectivity index (χ0n) is 17.7. The molecule has 0 aliphatic carbocycles. The third kappa shape index (κ3) is 5.45. The van der Waals surface area contributed by atoms with Crippen molar-refractivity contribution in [2.75, 3.05) is 0 Å². The van der Waals surface area contributed by atoms with Crippen molar-refractivity contribution in [1.82, 2.24) is 0 Å². The Morgan fingerprint density at radius 2 is 0.818 bits per heavy atom. The summed E-state index contributed by atoms with van der Waals surface area (Å²) >= 11 is 0. The van der Waals surface area contributed by atoms with E-state index in [1.54, 1.807) is 36.4 Å². The highest BCUT2D eigenvalue weighted by molar-refractivity contribution is 5.52. The van der Waals surface area contributed by atoms with Crippen LogP contribution in [-0.4, -0.2) is 12.2 Å². The molecule has 4 aromatic carbocycles. The van der Waals surface area contributed by atoms with Crippen molar-refractivity contribution in [2.45, 2.75) is 12.2 Å². The molecule has 33 heavy (non-hydrogen) atoms. The van der Waals surface area contributed by atoms with Gasteiger partial charge in [-0.25, -0.2) is 9.59 Å². The summed E-state index contributed by atoms with van der Waals surface area (Å²) in [6.45, 7) is 0. The molecule has 0 heterocycles. The van der Waals surface area contributed by atoms with Gasteiger partial charge in [0.15, 0.2) is 0 Å². The van der Waals surface area contributed by atoms with Gasteiger partial charge in [-0.1, -0.05) is 84.9 Å². The number of benzene rings is 4. The molecule has 0 aromatic heterocycles. The Hall–Kier alpha value is -4.40. The lowest BCUT2D eigenvalue weighted by Crippen LogP contribution is -2.13. The second-order valence-electron chi connectivity index (χ2n) is 7.31. The number of hydrogen-bond acceptors (Lipinski definition) is 5. The first-order valence-corrected chi connectivity index (χ1v) is 10.4. The maximum Gasteiger partial charge on any atom is 0.240 e. The standard InChI is InChI=1S/C28H20N2O3/c31-19-29-25-15-11-23(12-16-25)28(24-13-17-26(18-14-24)30-20-32)33-27(21-7-3-1-4-8-21)22-9-5-2-6-10-22/h1-18,27-28H. The number of aliphatic imine (C=N–C) groups is 2. The summed E-state index contributed by atoms with van der Waals surface area (Å²) in [6.07, 6.45) is 2.37. The molecular weight excluding hydrogens is 412 g/mol. The van der Waals surface area contributed by atoms with E-state index in [1.807, 2.05) is 84.9 Å². The summed E-state index contributed by atoms with van der Waals surface area (Å²) in [5, 5.41) is 0. The summed E-state index contributed by atoms with van der Waals surface area (Å²) in [6, 6.07) is 34.6. The molecule has 0 N–H and O–H groups in total. The van der Waals surface area contributed by atoms with Gasteiger partial charge in [0.25, 0.3) is 0 Å². The minimum atomic E-state index is -0.432. The molecule has 0 unspecified atom stereocenters. The van der Waals surface area contributed by atoms with Crippen LogP contribution in [0.25, 0.3) is 0 Å². The first kappa shape index (κ1) is 21.8. The Bertz CT molecular complexity index is 1170. The molecule has 0 fully saturated rings. The lowest BCUT2D eigenvalue weighted by atomic mass is 9.97. The predicted octanol–water partition coefficient (Wildman–Crippen LogP) is 6.52. The number of carbonyl (C=O) groups excluding carboxylic acids is 2. The highest BCUT2D eigenvalue weighted by Gasteiger charge is 2.23.